The number of carbonyl (C=O) groups excluding carboxylic acids is 3. The van der Waals surface area contributed by atoms with Crippen LogP contribution in [0.25, 0.3) is 0 Å². The van der Waals surface area contributed by atoms with Crippen LogP contribution in [-0.4, -0.2) is 43.3 Å². The van der Waals surface area contributed by atoms with Crippen LogP contribution in [0.15, 0.2) is 11.6 Å². The molecule has 6 nitrogen and oxygen atoms in total. The molecule has 0 aromatic carbocycles. The largest absolute Gasteiger partial charge is 0.465 e. The molecule has 2 aliphatic carbocycles. The summed E-state index contributed by atoms with van der Waals surface area (Å²) in [5.41, 5.74) is 1.41. The van der Waals surface area contributed by atoms with Crippen molar-refractivity contribution in [2.45, 2.75) is 18.8 Å². The molecule has 1 heterocycles. The Morgan fingerprint density at radius 1 is 1.33 bits per heavy atom. The van der Waals surface area contributed by atoms with Crippen LogP contribution in [-0.2, 0) is 9.47 Å². The summed E-state index contributed by atoms with van der Waals surface area (Å²) >= 11 is 0. The van der Waals surface area contributed by atoms with Crippen molar-refractivity contribution in [1.82, 2.24) is 4.98 Å². The van der Waals surface area contributed by atoms with E-state index in [0.717, 1.165) is 12.8 Å². The van der Waals surface area contributed by atoms with Crippen molar-refractivity contribution in [2.24, 2.45) is 0 Å². The van der Waals surface area contributed by atoms with Gasteiger partial charge in [-0.3, -0.25) is 9.59 Å². The molecule has 0 atom stereocenters. The number of carbonyl (C=O) groups is 3. The predicted octanol–water partition coefficient (Wildman–Crippen LogP) is 1.63. The lowest BCUT2D eigenvalue weighted by atomic mass is 9.91. The first-order valence-corrected chi connectivity index (χ1v) is 6.71. The van der Waals surface area contributed by atoms with Crippen molar-refractivity contribution in [2.75, 3.05) is 20.8 Å². The summed E-state index contributed by atoms with van der Waals surface area (Å²) in [5, 5.41) is 0. The maximum absolute atomic E-state index is 12.5. The number of nitrogens with one attached hydrogen (secondary N) is 1. The van der Waals surface area contributed by atoms with Gasteiger partial charge >= 0.3 is 5.97 Å². The number of Topliss-reactive ketones (excluding diaryl/α,β-unsaturated/α-hetero) is 1. The van der Waals surface area contributed by atoms with Gasteiger partial charge < -0.3 is 14.5 Å². The third kappa shape index (κ3) is 2.12. The van der Waals surface area contributed by atoms with Gasteiger partial charge in [0.1, 0.15) is 0 Å². The molecule has 0 spiro atoms. The maximum Gasteiger partial charge on any atom is 0.340 e. The van der Waals surface area contributed by atoms with Crippen LogP contribution < -0.4 is 0 Å². The summed E-state index contributed by atoms with van der Waals surface area (Å²) in [6, 6.07) is 0. The molecular weight excluding hydrogens is 274 g/mol. The van der Waals surface area contributed by atoms with Gasteiger partial charge in [0.05, 0.1) is 30.5 Å². The minimum atomic E-state index is -0.589. The summed E-state index contributed by atoms with van der Waals surface area (Å²) in [4.78, 5) is 39.7. The second kappa shape index (κ2) is 4.96. The van der Waals surface area contributed by atoms with Crippen LogP contribution in [0, 0.1) is 0 Å². The molecule has 1 N–H and O–H groups in total. The standard InChI is InChI=1S/C15H15NO5/c1-20-6-8-5-9(17)13-10(14(8)18)11(15(19)21-2)12(16-13)7-3-4-7/h5,7,16H,3-4,6H2,1-2H3. The van der Waals surface area contributed by atoms with Crippen LogP contribution in [0.1, 0.15) is 55.7 Å². The number of esters is 1. The average Bonchev–Trinajstić information content (AvgIpc) is 3.23. The average molecular weight is 289 g/mol. The highest BCUT2D eigenvalue weighted by Crippen LogP contribution is 2.43. The van der Waals surface area contributed by atoms with Gasteiger partial charge in [-0.25, -0.2) is 4.79 Å². The number of aromatic amines is 1. The third-order valence-electron chi connectivity index (χ3n) is 3.77. The number of hydrogen-bond donors (Lipinski definition) is 1. The minimum Gasteiger partial charge on any atom is -0.465 e. The van der Waals surface area contributed by atoms with Crippen molar-refractivity contribution >= 4 is 17.5 Å². The molecule has 0 aliphatic heterocycles. The highest BCUT2D eigenvalue weighted by atomic mass is 16.5. The number of methoxy groups -OCH3 is 2. The van der Waals surface area contributed by atoms with Crippen molar-refractivity contribution in [3.63, 3.8) is 0 Å². The van der Waals surface area contributed by atoms with Crippen LogP contribution in [0.3, 0.4) is 0 Å². The van der Waals surface area contributed by atoms with E-state index in [1.807, 2.05) is 0 Å². The first-order valence-electron chi connectivity index (χ1n) is 6.71. The lowest BCUT2D eigenvalue weighted by molar-refractivity contribution is 0.0596. The van der Waals surface area contributed by atoms with E-state index >= 15 is 0 Å². The number of fused-ring (bicyclic) bond motifs is 1. The number of rotatable bonds is 4. The lowest BCUT2D eigenvalue weighted by Crippen LogP contribution is -2.21. The van der Waals surface area contributed by atoms with Crippen molar-refractivity contribution in [1.29, 1.82) is 0 Å². The summed E-state index contributed by atoms with van der Waals surface area (Å²) in [6.45, 7) is 0.0363. The van der Waals surface area contributed by atoms with Gasteiger partial charge in [-0.15, -0.1) is 0 Å². The number of ketones is 2. The van der Waals surface area contributed by atoms with Gasteiger partial charge in [-0.2, -0.15) is 0 Å². The number of allylic oxidation sites excluding steroid dienone is 1. The van der Waals surface area contributed by atoms with E-state index in [9.17, 15) is 14.4 Å². The van der Waals surface area contributed by atoms with E-state index in [-0.39, 0.29) is 46.5 Å². The van der Waals surface area contributed by atoms with Gasteiger partial charge in [0.15, 0.2) is 5.78 Å². The molecule has 2 aliphatic rings. The Morgan fingerprint density at radius 2 is 2.05 bits per heavy atom. The Kier molecular flexibility index (Phi) is 3.25. The van der Waals surface area contributed by atoms with Gasteiger partial charge in [-0.05, 0) is 24.8 Å². The Labute approximate surface area is 121 Å². The fourth-order valence-corrected chi connectivity index (χ4v) is 2.64. The quantitative estimate of drug-likeness (QED) is 0.851. The Bertz CT molecular complexity index is 678. The highest BCUT2D eigenvalue weighted by Gasteiger charge is 2.39. The molecule has 0 radical (unpaired) electrons. The molecule has 110 valence electrons. The van der Waals surface area contributed by atoms with E-state index in [1.54, 1.807) is 0 Å². The third-order valence-corrected chi connectivity index (χ3v) is 3.77. The molecular formula is C15H15NO5. The number of H-pyrrole nitrogens is 1. The van der Waals surface area contributed by atoms with Crippen LogP contribution in [0.4, 0.5) is 0 Å². The molecule has 1 saturated carbocycles. The highest BCUT2D eigenvalue weighted by molar-refractivity contribution is 6.27. The van der Waals surface area contributed by atoms with Crippen molar-refractivity contribution in [3.8, 4) is 0 Å². The molecule has 0 amide bonds. The van der Waals surface area contributed by atoms with E-state index in [4.69, 9.17) is 9.47 Å². The molecule has 1 aromatic heterocycles. The monoisotopic (exact) mass is 289 g/mol. The first-order chi connectivity index (χ1) is 10.1. The van der Waals surface area contributed by atoms with Gasteiger partial charge in [0.25, 0.3) is 0 Å². The lowest BCUT2D eigenvalue weighted by Gasteiger charge is -2.12. The van der Waals surface area contributed by atoms with Crippen LogP contribution in [0.2, 0.25) is 0 Å². The first kappa shape index (κ1) is 13.8. The Morgan fingerprint density at radius 3 is 2.62 bits per heavy atom. The maximum atomic E-state index is 12.5. The van der Waals surface area contributed by atoms with Crippen LogP contribution >= 0.6 is 0 Å². The molecule has 1 aromatic rings. The minimum absolute atomic E-state index is 0.0363. The number of ether oxygens (including phenoxy) is 2. The molecule has 6 heteroatoms. The molecule has 3 rings (SSSR count). The Hall–Kier alpha value is -2.21. The zero-order valence-corrected chi connectivity index (χ0v) is 11.8. The second-order valence-electron chi connectivity index (χ2n) is 5.23. The van der Waals surface area contributed by atoms with Gasteiger partial charge in [0, 0.05) is 18.4 Å². The van der Waals surface area contributed by atoms with E-state index in [0.29, 0.717) is 5.69 Å². The molecule has 1 fully saturated rings. The van der Waals surface area contributed by atoms with Gasteiger partial charge in [0.2, 0.25) is 5.78 Å². The SMILES string of the molecule is COCC1=CC(=O)c2[nH]c(C3CC3)c(C(=O)OC)c2C1=O. The summed E-state index contributed by atoms with van der Waals surface area (Å²) in [7, 11) is 2.71. The summed E-state index contributed by atoms with van der Waals surface area (Å²) < 4.78 is 9.73. The molecule has 0 bridgehead atoms. The van der Waals surface area contributed by atoms with Crippen molar-refractivity contribution in [3.05, 3.63) is 34.2 Å². The van der Waals surface area contributed by atoms with Crippen LogP contribution in [0.5, 0.6) is 0 Å². The molecule has 0 unspecified atom stereocenters. The fourth-order valence-electron chi connectivity index (χ4n) is 2.64. The number of hydrogen-bond acceptors (Lipinski definition) is 5. The van der Waals surface area contributed by atoms with E-state index in [2.05, 4.69) is 4.98 Å². The predicted molar refractivity (Wildman–Crippen MR) is 72.7 cm³/mol. The smallest absolute Gasteiger partial charge is 0.340 e. The normalized spacial score (nSPS) is 17.5. The van der Waals surface area contributed by atoms with Gasteiger partial charge in [-0.1, -0.05) is 0 Å². The van der Waals surface area contributed by atoms with Crippen molar-refractivity contribution < 1.29 is 23.9 Å². The zero-order chi connectivity index (χ0) is 15.1. The van der Waals surface area contributed by atoms with E-state index in [1.165, 1.54) is 20.3 Å². The fraction of sp³-hybridized carbons (Fsp3) is 0.400. The topological polar surface area (TPSA) is 85.5 Å². The zero-order valence-electron chi connectivity index (χ0n) is 11.8. The second-order valence-corrected chi connectivity index (χ2v) is 5.23. The molecule has 0 saturated heterocycles. The molecule has 21 heavy (non-hydrogen) atoms. The summed E-state index contributed by atoms with van der Waals surface area (Å²) in [5.74, 6) is -1.06. The van der Waals surface area contributed by atoms with E-state index < -0.39 is 5.97 Å². The summed E-state index contributed by atoms with van der Waals surface area (Å²) in [6.07, 6.45) is 3.14. The number of aromatic nitrogens is 1. The Balaban J connectivity index is 2.17.